The van der Waals surface area contributed by atoms with Crippen molar-refractivity contribution in [2.24, 2.45) is 0 Å². The van der Waals surface area contributed by atoms with Crippen LogP contribution < -0.4 is 4.90 Å². The number of aliphatic hydroxyl groups excluding tert-OH is 1. The van der Waals surface area contributed by atoms with E-state index in [1.165, 1.54) is 114 Å². The molecule has 0 fully saturated rings. The SMILES string of the molecule is OCCCCCCCCCCC/C=C\CCCCCCCCN(c1ccccc1)c1ccccc1. The summed E-state index contributed by atoms with van der Waals surface area (Å²) in [5.74, 6) is 0. The van der Waals surface area contributed by atoms with Crippen LogP contribution in [-0.4, -0.2) is 18.3 Å². The lowest BCUT2D eigenvalue weighted by atomic mass is 10.1. The Morgan fingerprint density at radius 1 is 0.457 bits per heavy atom. The summed E-state index contributed by atoms with van der Waals surface area (Å²) in [6.07, 6.45) is 27.0. The van der Waals surface area contributed by atoms with Gasteiger partial charge in [0.25, 0.3) is 0 Å². The van der Waals surface area contributed by atoms with Crippen LogP contribution in [0.1, 0.15) is 109 Å². The first-order chi connectivity index (χ1) is 17.4. The van der Waals surface area contributed by atoms with Crippen molar-refractivity contribution in [1.29, 1.82) is 0 Å². The topological polar surface area (TPSA) is 23.5 Å². The fourth-order valence-corrected chi connectivity index (χ4v) is 4.71. The smallest absolute Gasteiger partial charge is 0.0431 e. The van der Waals surface area contributed by atoms with Crippen LogP contribution in [0.4, 0.5) is 11.4 Å². The number of allylic oxidation sites excluding steroid dienone is 2. The number of hydrogen-bond donors (Lipinski definition) is 1. The molecule has 0 heterocycles. The number of aliphatic hydroxyl groups is 1. The monoisotopic (exact) mass is 477 g/mol. The van der Waals surface area contributed by atoms with Gasteiger partial charge in [0.05, 0.1) is 0 Å². The maximum absolute atomic E-state index is 8.78. The number of anilines is 2. The molecule has 1 N–H and O–H groups in total. The first kappa shape index (κ1) is 29.2. The van der Waals surface area contributed by atoms with E-state index in [2.05, 4.69) is 77.7 Å². The molecule has 35 heavy (non-hydrogen) atoms. The number of hydrogen-bond acceptors (Lipinski definition) is 2. The molecule has 0 spiro atoms. The lowest BCUT2D eigenvalue weighted by Gasteiger charge is -2.25. The third kappa shape index (κ3) is 14.8. The fourth-order valence-electron chi connectivity index (χ4n) is 4.71. The summed E-state index contributed by atoms with van der Waals surface area (Å²) in [5, 5.41) is 8.78. The standard InChI is InChI=1S/C33H51NO/c35-31-25-17-15-13-11-9-7-5-3-1-2-4-6-8-10-12-14-16-24-30-34(32-26-20-18-21-27-32)33-28-22-19-23-29-33/h2,4,18-23,26-29,35H,1,3,5-17,24-25,30-31H2/b4-2-. The Balaban J connectivity index is 1.41. The Labute approximate surface area is 216 Å². The van der Waals surface area contributed by atoms with E-state index in [1.807, 2.05) is 0 Å². The van der Waals surface area contributed by atoms with Gasteiger partial charge in [-0.15, -0.1) is 0 Å². The molecule has 0 amide bonds. The molecule has 0 aliphatic heterocycles. The van der Waals surface area contributed by atoms with Gasteiger partial charge in [-0.05, 0) is 62.8 Å². The van der Waals surface area contributed by atoms with Crippen LogP contribution in [0.5, 0.6) is 0 Å². The molecule has 0 saturated heterocycles. The van der Waals surface area contributed by atoms with Crippen molar-refractivity contribution in [3.63, 3.8) is 0 Å². The van der Waals surface area contributed by atoms with E-state index in [-0.39, 0.29) is 0 Å². The molecule has 2 heteroatoms. The van der Waals surface area contributed by atoms with Crippen molar-refractivity contribution in [2.45, 2.75) is 109 Å². The zero-order valence-electron chi connectivity index (χ0n) is 22.3. The molecule has 0 aromatic heterocycles. The molecule has 0 aliphatic rings. The molecule has 194 valence electrons. The summed E-state index contributed by atoms with van der Waals surface area (Å²) in [4.78, 5) is 2.45. The maximum atomic E-state index is 8.78. The molecule has 2 rings (SSSR count). The molecular formula is C33H51NO. The zero-order chi connectivity index (χ0) is 24.7. The lowest BCUT2D eigenvalue weighted by Crippen LogP contribution is -2.18. The predicted molar refractivity (Wildman–Crippen MR) is 155 cm³/mol. The Morgan fingerprint density at radius 2 is 0.829 bits per heavy atom. The summed E-state index contributed by atoms with van der Waals surface area (Å²) < 4.78 is 0. The van der Waals surface area contributed by atoms with Gasteiger partial charge in [0, 0.05) is 24.5 Å². The highest BCUT2D eigenvalue weighted by Crippen LogP contribution is 2.25. The van der Waals surface area contributed by atoms with E-state index in [0.717, 1.165) is 13.0 Å². The number of unbranched alkanes of at least 4 members (excludes halogenated alkanes) is 15. The van der Waals surface area contributed by atoms with E-state index in [1.54, 1.807) is 0 Å². The van der Waals surface area contributed by atoms with Gasteiger partial charge in [0.15, 0.2) is 0 Å². The van der Waals surface area contributed by atoms with Crippen LogP contribution in [0.3, 0.4) is 0 Å². The van der Waals surface area contributed by atoms with Gasteiger partial charge in [0.1, 0.15) is 0 Å². The highest BCUT2D eigenvalue weighted by molar-refractivity contribution is 5.62. The van der Waals surface area contributed by atoms with E-state index in [4.69, 9.17) is 5.11 Å². The number of para-hydroxylation sites is 2. The highest BCUT2D eigenvalue weighted by Gasteiger charge is 2.08. The average molecular weight is 478 g/mol. The zero-order valence-corrected chi connectivity index (χ0v) is 22.3. The molecular weight excluding hydrogens is 426 g/mol. The summed E-state index contributed by atoms with van der Waals surface area (Å²) in [6, 6.07) is 21.6. The number of benzene rings is 2. The first-order valence-electron chi connectivity index (χ1n) is 14.6. The minimum atomic E-state index is 0.359. The van der Waals surface area contributed by atoms with Gasteiger partial charge in [-0.1, -0.05) is 119 Å². The van der Waals surface area contributed by atoms with Crippen molar-refractivity contribution in [2.75, 3.05) is 18.1 Å². The van der Waals surface area contributed by atoms with Crippen molar-refractivity contribution in [3.8, 4) is 0 Å². The van der Waals surface area contributed by atoms with Crippen molar-refractivity contribution in [1.82, 2.24) is 0 Å². The van der Waals surface area contributed by atoms with Crippen LogP contribution in [0.15, 0.2) is 72.8 Å². The average Bonchev–Trinajstić information content (AvgIpc) is 2.90. The Kier molecular flexibility index (Phi) is 17.7. The Hall–Kier alpha value is -2.06. The van der Waals surface area contributed by atoms with Crippen LogP contribution >= 0.6 is 0 Å². The van der Waals surface area contributed by atoms with E-state index >= 15 is 0 Å². The molecule has 0 saturated carbocycles. The third-order valence-electron chi connectivity index (χ3n) is 6.83. The summed E-state index contributed by atoms with van der Waals surface area (Å²) in [5.41, 5.74) is 2.58. The fraction of sp³-hybridized carbons (Fsp3) is 0.576. The quantitative estimate of drug-likeness (QED) is 0.135. The normalized spacial score (nSPS) is 11.3. The largest absolute Gasteiger partial charge is 0.396 e. The first-order valence-corrected chi connectivity index (χ1v) is 14.6. The molecule has 2 aromatic carbocycles. The second kappa shape index (κ2) is 21.2. The molecule has 0 bridgehead atoms. The summed E-state index contributed by atoms with van der Waals surface area (Å²) in [7, 11) is 0. The van der Waals surface area contributed by atoms with E-state index in [9.17, 15) is 0 Å². The van der Waals surface area contributed by atoms with Gasteiger partial charge in [-0.3, -0.25) is 0 Å². The third-order valence-corrected chi connectivity index (χ3v) is 6.83. The Morgan fingerprint density at radius 3 is 1.26 bits per heavy atom. The second-order valence-corrected chi connectivity index (χ2v) is 9.90. The molecule has 2 aromatic rings. The van der Waals surface area contributed by atoms with E-state index in [0.29, 0.717) is 6.61 Å². The van der Waals surface area contributed by atoms with E-state index < -0.39 is 0 Å². The molecule has 0 aliphatic carbocycles. The summed E-state index contributed by atoms with van der Waals surface area (Å²) in [6.45, 7) is 1.44. The molecule has 2 nitrogen and oxygen atoms in total. The van der Waals surface area contributed by atoms with Crippen molar-refractivity contribution >= 4 is 11.4 Å². The number of rotatable bonds is 22. The van der Waals surface area contributed by atoms with Gasteiger partial charge >= 0.3 is 0 Å². The maximum Gasteiger partial charge on any atom is 0.0431 e. The minimum Gasteiger partial charge on any atom is -0.396 e. The van der Waals surface area contributed by atoms with Crippen LogP contribution in [-0.2, 0) is 0 Å². The van der Waals surface area contributed by atoms with Gasteiger partial charge in [-0.2, -0.15) is 0 Å². The lowest BCUT2D eigenvalue weighted by molar-refractivity contribution is 0.282. The van der Waals surface area contributed by atoms with Crippen molar-refractivity contribution < 1.29 is 5.11 Å². The molecule has 0 unspecified atom stereocenters. The molecule has 0 atom stereocenters. The highest BCUT2D eigenvalue weighted by atomic mass is 16.2. The van der Waals surface area contributed by atoms with Crippen LogP contribution in [0.25, 0.3) is 0 Å². The Bertz CT molecular complexity index is 688. The van der Waals surface area contributed by atoms with Gasteiger partial charge in [-0.25, -0.2) is 0 Å². The van der Waals surface area contributed by atoms with Gasteiger partial charge in [0.2, 0.25) is 0 Å². The summed E-state index contributed by atoms with van der Waals surface area (Å²) >= 11 is 0. The minimum absolute atomic E-state index is 0.359. The molecule has 0 radical (unpaired) electrons. The van der Waals surface area contributed by atoms with Crippen molar-refractivity contribution in [3.05, 3.63) is 72.8 Å². The predicted octanol–water partition coefficient (Wildman–Crippen LogP) is 10.0. The van der Waals surface area contributed by atoms with Crippen LogP contribution in [0.2, 0.25) is 0 Å². The van der Waals surface area contributed by atoms with Gasteiger partial charge < -0.3 is 10.0 Å². The number of nitrogens with zero attached hydrogens (tertiary/aromatic N) is 1. The van der Waals surface area contributed by atoms with Crippen LogP contribution in [0, 0.1) is 0 Å². The second-order valence-electron chi connectivity index (χ2n) is 9.90.